The van der Waals surface area contributed by atoms with Gasteiger partial charge in [0.1, 0.15) is 5.82 Å². The van der Waals surface area contributed by atoms with Crippen molar-refractivity contribution in [3.63, 3.8) is 0 Å². The molecular weight excluding hydrogens is 266 g/mol. The Kier molecular flexibility index (Phi) is 7.87. The molecule has 17 heavy (non-hydrogen) atoms. The molecule has 0 aliphatic carbocycles. The number of rotatable bonds is 5. The summed E-state index contributed by atoms with van der Waals surface area (Å²) in [5.41, 5.74) is 6.05. The van der Waals surface area contributed by atoms with Crippen molar-refractivity contribution < 1.29 is 9.18 Å². The summed E-state index contributed by atoms with van der Waals surface area (Å²) in [6, 6.07) is 4.37. The number of benzene rings is 1. The second-order valence-corrected chi connectivity index (χ2v) is 3.82. The minimum absolute atomic E-state index is 0. The summed E-state index contributed by atoms with van der Waals surface area (Å²) in [4.78, 5) is 11.3. The number of carbonyl (C=O) groups excluding carboxylic acids is 1. The molecule has 3 N–H and O–H groups in total. The van der Waals surface area contributed by atoms with Gasteiger partial charge in [-0.1, -0.05) is 17.7 Å². The van der Waals surface area contributed by atoms with E-state index >= 15 is 0 Å². The van der Waals surface area contributed by atoms with Gasteiger partial charge < -0.3 is 11.1 Å². The zero-order valence-electron chi connectivity index (χ0n) is 9.21. The fourth-order valence-corrected chi connectivity index (χ4v) is 1.40. The first-order chi connectivity index (χ1) is 7.63. The average molecular weight is 281 g/mol. The summed E-state index contributed by atoms with van der Waals surface area (Å²) in [6.07, 6.45) is 1.07. The largest absolute Gasteiger partial charge is 0.352 e. The van der Waals surface area contributed by atoms with Crippen molar-refractivity contribution >= 4 is 29.9 Å². The van der Waals surface area contributed by atoms with E-state index < -0.39 is 5.82 Å². The van der Waals surface area contributed by atoms with Gasteiger partial charge in [0.05, 0.1) is 5.02 Å². The Balaban J connectivity index is 0.00000256. The predicted molar refractivity (Wildman–Crippen MR) is 68.8 cm³/mol. The molecule has 6 heteroatoms. The average Bonchev–Trinajstić information content (AvgIpc) is 2.28. The van der Waals surface area contributed by atoms with Crippen LogP contribution < -0.4 is 11.1 Å². The van der Waals surface area contributed by atoms with Gasteiger partial charge in [-0.2, -0.15) is 0 Å². The van der Waals surface area contributed by atoms with Gasteiger partial charge in [0, 0.05) is 13.0 Å². The van der Waals surface area contributed by atoms with Crippen LogP contribution in [-0.4, -0.2) is 12.5 Å². The number of carbonyl (C=O) groups is 1. The van der Waals surface area contributed by atoms with Crippen molar-refractivity contribution in [2.24, 2.45) is 5.73 Å². The molecule has 96 valence electrons. The molecule has 1 amide bonds. The third kappa shape index (κ3) is 5.86. The molecule has 0 aromatic heterocycles. The summed E-state index contributed by atoms with van der Waals surface area (Å²) >= 11 is 5.61. The molecule has 0 bridgehead atoms. The van der Waals surface area contributed by atoms with Crippen LogP contribution in [-0.2, 0) is 11.3 Å². The number of nitrogens with two attached hydrogens (primary N) is 1. The van der Waals surface area contributed by atoms with E-state index in [9.17, 15) is 9.18 Å². The molecule has 0 aliphatic heterocycles. The number of halogens is 3. The maximum absolute atomic E-state index is 12.8. The molecule has 0 atom stereocenters. The third-order valence-corrected chi connectivity index (χ3v) is 2.37. The molecule has 0 fully saturated rings. The molecule has 0 aliphatic rings. The van der Waals surface area contributed by atoms with Crippen molar-refractivity contribution in [2.45, 2.75) is 19.4 Å². The van der Waals surface area contributed by atoms with Crippen LogP contribution in [0.25, 0.3) is 0 Å². The molecule has 1 aromatic rings. The highest BCUT2D eigenvalue weighted by atomic mass is 35.5. The third-order valence-electron chi connectivity index (χ3n) is 2.08. The van der Waals surface area contributed by atoms with Crippen molar-refractivity contribution in [2.75, 3.05) is 6.54 Å². The van der Waals surface area contributed by atoms with E-state index in [-0.39, 0.29) is 23.3 Å². The van der Waals surface area contributed by atoms with Gasteiger partial charge in [0.2, 0.25) is 5.91 Å². The molecular formula is C11H15Cl2FN2O. The van der Waals surface area contributed by atoms with Gasteiger partial charge >= 0.3 is 0 Å². The van der Waals surface area contributed by atoms with Crippen molar-refractivity contribution in [3.05, 3.63) is 34.6 Å². The van der Waals surface area contributed by atoms with Crippen molar-refractivity contribution in [3.8, 4) is 0 Å². The minimum atomic E-state index is -0.458. The normalized spacial score (nSPS) is 9.59. The van der Waals surface area contributed by atoms with Gasteiger partial charge in [-0.3, -0.25) is 4.79 Å². The molecule has 1 rings (SSSR count). The van der Waals surface area contributed by atoms with Crippen LogP contribution in [0.4, 0.5) is 4.39 Å². The van der Waals surface area contributed by atoms with Crippen LogP contribution in [0, 0.1) is 5.82 Å². The molecule has 0 radical (unpaired) electrons. The summed E-state index contributed by atoms with van der Waals surface area (Å²) < 4.78 is 12.8. The zero-order valence-corrected chi connectivity index (χ0v) is 10.8. The van der Waals surface area contributed by atoms with E-state index in [1.807, 2.05) is 0 Å². The lowest BCUT2D eigenvalue weighted by Gasteiger charge is -2.05. The Morgan fingerprint density at radius 3 is 2.76 bits per heavy atom. The smallest absolute Gasteiger partial charge is 0.220 e. The Hall–Kier alpha value is -0.840. The van der Waals surface area contributed by atoms with Gasteiger partial charge in [-0.25, -0.2) is 4.39 Å². The Morgan fingerprint density at radius 2 is 2.18 bits per heavy atom. The van der Waals surface area contributed by atoms with E-state index in [4.69, 9.17) is 17.3 Å². The topological polar surface area (TPSA) is 55.1 Å². The van der Waals surface area contributed by atoms with Crippen molar-refractivity contribution in [1.82, 2.24) is 5.32 Å². The van der Waals surface area contributed by atoms with Crippen LogP contribution in [0.3, 0.4) is 0 Å². The van der Waals surface area contributed by atoms with E-state index in [0.717, 1.165) is 5.56 Å². The number of hydrogen-bond acceptors (Lipinski definition) is 2. The maximum Gasteiger partial charge on any atom is 0.220 e. The van der Waals surface area contributed by atoms with Crippen LogP contribution in [0.5, 0.6) is 0 Å². The predicted octanol–water partition coefficient (Wildman–Crippen LogP) is 2.26. The first-order valence-corrected chi connectivity index (χ1v) is 5.42. The lowest BCUT2D eigenvalue weighted by Crippen LogP contribution is -2.23. The molecule has 1 aromatic carbocycles. The van der Waals surface area contributed by atoms with Crippen LogP contribution in [0.2, 0.25) is 5.02 Å². The fourth-order valence-electron chi connectivity index (χ4n) is 1.20. The number of hydrogen-bond donors (Lipinski definition) is 2. The van der Waals surface area contributed by atoms with Crippen LogP contribution in [0.1, 0.15) is 18.4 Å². The Morgan fingerprint density at radius 1 is 1.47 bits per heavy atom. The molecule has 0 unspecified atom stereocenters. The highest BCUT2D eigenvalue weighted by Gasteiger charge is 2.03. The standard InChI is InChI=1S/C11H14ClFN2O.ClH/c12-9-6-8(3-4-10(9)13)7-15-11(16)2-1-5-14;/h3-4,6H,1-2,5,7,14H2,(H,15,16);1H. The highest BCUT2D eigenvalue weighted by molar-refractivity contribution is 6.30. The Bertz CT molecular complexity index is 374. The second kappa shape index (κ2) is 8.28. The van der Waals surface area contributed by atoms with Gasteiger partial charge in [-0.05, 0) is 30.7 Å². The Labute approximate surface area is 111 Å². The monoisotopic (exact) mass is 280 g/mol. The molecule has 3 nitrogen and oxygen atoms in total. The SMILES string of the molecule is Cl.NCCCC(=O)NCc1ccc(F)c(Cl)c1. The lowest BCUT2D eigenvalue weighted by atomic mass is 10.2. The van der Waals surface area contributed by atoms with Gasteiger partial charge in [0.15, 0.2) is 0 Å². The van der Waals surface area contributed by atoms with E-state index in [0.29, 0.717) is 25.9 Å². The molecule has 0 saturated heterocycles. The molecule has 0 heterocycles. The van der Waals surface area contributed by atoms with Gasteiger partial charge in [0.25, 0.3) is 0 Å². The quantitative estimate of drug-likeness (QED) is 0.869. The van der Waals surface area contributed by atoms with E-state index in [2.05, 4.69) is 5.32 Å². The van der Waals surface area contributed by atoms with Gasteiger partial charge in [-0.15, -0.1) is 12.4 Å². The number of nitrogens with one attached hydrogen (secondary N) is 1. The first kappa shape index (κ1) is 16.2. The summed E-state index contributed by atoms with van der Waals surface area (Å²) in [7, 11) is 0. The highest BCUT2D eigenvalue weighted by Crippen LogP contribution is 2.15. The van der Waals surface area contributed by atoms with Crippen LogP contribution >= 0.6 is 24.0 Å². The van der Waals surface area contributed by atoms with E-state index in [1.165, 1.54) is 12.1 Å². The number of amides is 1. The minimum Gasteiger partial charge on any atom is -0.352 e. The molecule has 0 spiro atoms. The fraction of sp³-hybridized carbons (Fsp3) is 0.364. The maximum atomic E-state index is 12.8. The lowest BCUT2D eigenvalue weighted by molar-refractivity contribution is -0.121. The first-order valence-electron chi connectivity index (χ1n) is 5.04. The molecule has 0 saturated carbocycles. The zero-order chi connectivity index (χ0) is 12.0. The second-order valence-electron chi connectivity index (χ2n) is 3.42. The summed E-state index contributed by atoms with van der Waals surface area (Å²) in [6.45, 7) is 0.846. The summed E-state index contributed by atoms with van der Waals surface area (Å²) in [5, 5.41) is 2.77. The van der Waals surface area contributed by atoms with Crippen molar-refractivity contribution in [1.29, 1.82) is 0 Å². The van der Waals surface area contributed by atoms with Crippen LogP contribution in [0.15, 0.2) is 18.2 Å². The summed E-state index contributed by atoms with van der Waals surface area (Å²) in [5.74, 6) is -0.522. The van der Waals surface area contributed by atoms with E-state index in [1.54, 1.807) is 6.07 Å².